The van der Waals surface area contributed by atoms with Crippen LogP contribution in [-0.4, -0.2) is 35.1 Å². The number of nitrogens with one attached hydrogen (secondary N) is 1. The number of piperidine rings is 1. The van der Waals surface area contributed by atoms with Crippen molar-refractivity contribution in [3.05, 3.63) is 34.9 Å². The van der Waals surface area contributed by atoms with E-state index in [2.05, 4.69) is 37.4 Å². The third kappa shape index (κ3) is 3.97. The summed E-state index contributed by atoms with van der Waals surface area (Å²) in [6.45, 7) is 5.41. The Morgan fingerprint density at radius 2 is 1.92 bits per heavy atom. The van der Waals surface area contributed by atoms with Gasteiger partial charge in [0.05, 0.1) is 12.0 Å². The van der Waals surface area contributed by atoms with Crippen molar-refractivity contribution in [2.75, 3.05) is 13.1 Å². The van der Waals surface area contributed by atoms with E-state index in [-0.39, 0.29) is 18.0 Å². The molecule has 1 atom stereocenters. The summed E-state index contributed by atoms with van der Waals surface area (Å²) in [5, 5.41) is 12.3. The lowest BCUT2D eigenvalue weighted by Gasteiger charge is -2.33. The number of urea groups is 1. The summed E-state index contributed by atoms with van der Waals surface area (Å²) in [5.74, 6) is -0.589. The smallest absolute Gasteiger partial charge is 0.317 e. The zero-order valence-corrected chi connectivity index (χ0v) is 15.1. The molecule has 5 heteroatoms. The summed E-state index contributed by atoms with van der Waals surface area (Å²) >= 11 is 0. The third-order valence-corrected chi connectivity index (χ3v) is 5.58. The van der Waals surface area contributed by atoms with Crippen molar-refractivity contribution in [2.24, 2.45) is 5.92 Å². The molecule has 3 rings (SSSR count). The number of amides is 2. The average Bonchev–Trinajstić information content (AvgIpc) is 2.61. The van der Waals surface area contributed by atoms with Crippen LogP contribution in [0.4, 0.5) is 4.79 Å². The van der Waals surface area contributed by atoms with Gasteiger partial charge in [-0.2, -0.15) is 0 Å². The van der Waals surface area contributed by atoms with Gasteiger partial charge in [0.25, 0.3) is 0 Å². The number of aryl methyl sites for hydroxylation is 1. The first kappa shape index (κ1) is 17.8. The molecule has 1 saturated heterocycles. The van der Waals surface area contributed by atoms with Crippen LogP contribution < -0.4 is 5.32 Å². The molecule has 2 aliphatic rings. The standard InChI is InChI=1S/C20H28N2O3/c1-13(2)16-7-6-14-4-3-5-18(17(14)12-16)21-20(25)22-10-8-15(9-11-22)19(23)24/h6-7,12-13,15,18H,3-5,8-11H2,1-2H3,(H,21,25)(H,23,24)/t18-/m0/s1. The fourth-order valence-corrected chi connectivity index (χ4v) is 3.90. The number of hydrogen-bond acceptors (Lipinski definition) is 2. The number of hydrogen-bond donors (Lipinski definition) is 2. The van der Waals surface area contributed by atoms with E-state index in [9.17, 15) is 9.59 Å². The zero-order chi connectivity index (χ0) is 18.0. The predicted molar refractivity (Wildman–Crippen MR) is 96.7 cm³/mol. The van der Waals surface area contributed by atoms with Crippen LogP contribution in [0.5, 0.6) is 0 Å². The number of fused-ring (bicyclic) bond motifs is 1. The Morgan fingerprint density at radius 3 is 2.56 bits per heavy atom. The summed E-state index contributed by atoms with van der Waals surface area (Å²) in [7, 11) is 0. The van der Waals surface area contributed by atoms with Crippen LogP contribution in [-0.2, 0) is 11.2 Å². The van der Waals surface area contributed by atoms with Crippen molar-refractivity contribution >= 4 is 12.0 Å². The summed E-state index contributed by atoms with van der Waals surface area (Å²) < 4.78 is 0. The highest BCUT2D eigenvalue weighted by molar-refractivity contribution is 5.76. The van der Waals surface area contributed by atoms with E-state index in [4.69, 9.17) is 5.11 Å². The molecule has 0 radical (unpaired) electrons. The molecule has 1 heterocycles. The van der Waals surface area contributed by atoms with E-state index in [0.717, 1.165) is 19.3 Å². The van der Waals surface area contributed by atoms with E-state index in [1.807, 2.05) is 0 Å². The van der Waals surface area contributed by atoms with Crippen molar-refractivity contribution in [1.29, 1.82) is 0 Å². The lowest BCUT2D eigenvalue weighted by Crippen LogP contribution is -2.46. The van der Waals surface area contributed by atoms with Crippen molar-refractivity contribution in [2.45, 2.75) is 57.9 Å². The van der Waals surface area contributed by atoms with Gasteiger partial charge in [0, 0.05) is 13.1 Å². The molecule has 1 fully saturated rings. The molecule has 0 saturated carbocycles. The van der Waals surface area contributed by atoms with Gasteiger partial charge in [0.1, 0.15) is 0 Å². The van der Waals surface area contributed by atoms with E-state index in [0.29, 0.717) is 31.8 Å². The summed E-state index contributed by atoms with van der Waals surface area (Å²) in [6, 6.07) is 6.66. The molecule has 0 aromatic heterocycles. The molecule has 1 aliphatic heterocycles. The highest BCUT2D eigenvalue weighted by Crippen LogP contribution is 2.32. The van der Waals surface area contributed by atoms with E-state index in [1.165, 1.54) is 16.7 Å². The zero-order valence-electron chi connectivity index (χ0n) is 15.1. The Kier molecular flexibility index (Phi) is 5.30. The van der Waals surface area contributed by atoms with Gasteiger partial charge in [-0.3, -0.25) is 4.79 Å². The molecule has 1 aromatic rings. The number of likely N-dealkylation sites (tertiary alicyclic amines) is 1. The van der Waals surface area contributed by atoms with Crippen LogP contribution >= 0.6 is 0 Å². The molecular weight excluding hydrogens is 316 g/mol. The van der Waals surface area contributed by atoms with Crippen LogP contribution in [0.25, 0.3) is 0 Å². The predicted octanol–water partition coefficient (Wildman–Crippen LogP) is 3.69. The van der Waals surface area contributed by atoms with Gasteiger partial charge >= 0.3 is 12.0 Å². The van der Waals surface area contributed by atoms with Crippen molar-refractivity contribution < 1.29 is 14.7 Å². The minimum absolute atomic E-state index is 0.0587. The molecule has 0 bridgehead atoms. The normalized spacial score (nSPS) is 21.1. The van der Waals surface area contributed by atoms with Gasteiger partial charge in [-0.05, 0) is 54.7 Å². The lowest BCUT2D eigenvalue weighted by molar-refractivity contribution is -0.143. The average molecular weight is 344 g/mol. The first-order valence-corrected chi connectivity index (χ1v) is 9.36. The Labute approximate surface area is 149 Å². The molecule has 0 unspecified atom stereocenters. The summed E-state index contributed by atoms with van der Waals surface area (Å²) in [5.41, 5.74) is 3.90. The lowest BCUT2D eigenvalue weighted by atomic mass is 9.85. The topological polar surface area (TPSA) is 69.6 Å². The molecule has 136 valence electrons. The highest BCUT2D eigenvalue weighted by atomic mass is 16.4. The van der Waals surface area contributed by atoms with Gasteiger partial charge < -0.3 is 15.3 Å². The van der Waals surface area contributed by atoms with E-state index >= 15 is 0 Å². The van der Waals surface area contributed by atoms with E-state index in [1.54, 1.807) is 4.90 Å². The molecule has 2 amide bonds. The summed E-state index contributed by atoms with van der Waals surface area (Å²) in [6.07, 6.45) is 4.21. The number of carboxylic acids is 1. The van der Waals surface area contributed by atoms with Gasteiger partial charge in [-0.1, -0.05) is 32.0 Å². The molecule has 1 aliphatic carbocycles. The second-order valence-electron chi connectivity index (χ2n) is 7.61. The maximum atomic E-state index is 12.6. The summed E-state index contributed by atoms with van der Waals surface area (Å²) in [4.78, 5) is 25.5. The minimum Gasteiger partial charge on any atom is -0.481 e. The SMILES string of the molecule is CC(C)c1ccc2c(c1)[C@@H](NC(=O)N1CCC(C(=O)O)CC1)CCC2. The quantitative estimate of drug-likeness (QED) is 0.878. The second-order valence-corrected chi connectivity index (χ2v) is 7.61. The maximum Gasteiger partial charge on any atom is 0.317 e. The number of rotatable bonds is 3. The molecule has 5 nitrogen and oxygen atoms in total. The first-order valence-electron chi connectivity index (χ1n) is 9.36. The largest absolute Gasteiger partial charge is 0.481 e. The number of nitrogens with zero attached hydrogens (tertiary/aromatic N) is 1. The number of carbonyl (C=O) groups excluding carboxylic acids is 1. The van der Waals surface area contributed by atoms with Gasteiger partial charge in [0.2, 0.25) is 0 Å². The highest BCUT2D eigenvalue weighted by Gasteiger charge is 2.29. The van der Waals surface area contributed by atoms with E-state index < -0.39 is 5.97 Å². The van der Waals surface area contributed by atoms with Gasteiger partial charge in [-0.15, -0.1) is 0 Å². The number of carbonyl (C=O) groups is 2. The second kappa shape index (κ2) is 7.46. The molecule has 1 aromatic carbocycles. The number of benzene rings is 1. The molecule has 25 heavy (non-hydrogen) atoms. The Morgan fingerprint density at radius 1 is 1.20 bits per heavy atom. The fourth-order valence-electron chi connectivity index (χ4n) is 3.90. The van der Waals surface area contributed by atoms with Crippen LogP contribution in [0.3, 0.4) is 0 Å². The molecule has 2 N–H and O–H groups in total. The number of carboxylic acid groups (broad SMARTS) is 1. The Balaban J connectivity index is 1.67. The fraction of sp³-hybridized carbons (Fsp3) is 0.600. The van der Waals surface area contributed by atoms with Crippen LogP contribution in [0.15, 0.2) is 18.2 Å². The van der Waals surface area contributed by atoms with Crippen molar-refractivity contribution in [3.8, 4) is 0 Å². The first-order chi connectivity index (χ1) is 12.0. The minimum atomic E-state index is -0.748. The van der Waals surface area contributed by atoms with Gasteiger partial charge in [-0.25, -0.2) is 4.79 Å². The number of aliphatic carboxylic acids is 1. The van der Waals surface area contributed by atoms with Crippen LogP contribution in [0, 0.1) is 5.92 Å². The third-order valence-electron chi connectivity index (χ3n) is 5.58. The monoisotopic (exact) mass is 344 g/mol. The molecular formula is C20H28N2O3. The van der Waals surface area contributed by atoms with Crippen LogP contribution in [0.1, 0.15) is 68.2 Å². The molecule has 0 spiro atoms. The Hall–Kier alpha value is -2.04. The van der Waals surface area contributed by atoms with Crippen molar-refractivity contribution in [3.63, 3.8) is 0 Å². The van der Waals surface area contributed by atoms with Crippen LogP contribution in [0.2, 0.25) is 0 Å². The maximum absolute atomic E-state index is 12.6. The Bertz CT molecular complexity index is 648. The van der Waals surface area contributed by atoms with Crippen molar-refractivity contribution in [1.82, 2.24) is 10.2 Å². The van der Waals surface area contributed by atoms with Gasteiger partial charge in [0.15, 0.2) is 0 Å².